The topological polar surface area (TPSA) is 52.5 Å². The molecule has 1 atom stereocenters. The first-order valence-electron chi connectivity index (χ1n) is 8.84. The number of likely N-dealkylation sites (tertiary alicyclic amines) is 2. The maximum Gasteiger partial charge on any atom is 0.270 e. The maximum absolute atomic E-state index is 12.6. The molecule has 0 unspecified atom stereocenters. The van der Waals surface area contributed by atoms with Gasteiger partial charge in [0.25, 0.3) is 5.91 Å². The van der Waals surface area contributed by atoms with E-state index in [1.165, 1.54) is 12.8 Å². The molecule has 0 aliphatic carbocycles. The summed E-state index contributed by atoms with van der Waals surface area (Å²) < 4.78 is 5.74. The largest absolute Gasteiger partial charge is 0.465 e. The highest BCUT2D eigenvalue weighted by Gasteiger charge is 2.43. The van der Waals surface area contributed by atoms with Crippen molar-refractivity contribution in [3.8, 4) is 0 Å². The lowest BCUT2D eigenvalue weighted by atomic mass is 9.79. The van der Waals surface area contributed by atoms with Crippen molar-refractivity contribution in [1.82, 2.24) is 14.8 Å². The fourth-order valence-corrected chi connectivity index (χ4v) is 4.31. The number of aryl methyl sites for hydroxylation is 1. The Hall–Kier alpha value is -2.01. The molecule has 128 valence electrons. The molecule has 2 aromatic rings. The van der Waals surface area contributed by atoms with Gasteiger partial charge in [-0.3, -0.25) is 9.69 Å². The maximum atomic E-state index is 12.6. The summed E-state index contributed by atoms with van der Waals surface area (Å²) in [5, 5.41) is 0. The minimum absolute atomic E-state index is 0.135. The van der Waals surface area contributed by atoms with Crippen molar-refractivity contribution < 1.29 is 9.21 Å². The summed E-state index contributed by atoms with van der Waals surface area (Å²) >= 11 is 0. The molecule has 0 saturated carbocycles. The van der Waals surface area contributed by atoms with Crippen LogP contribution in [-0.4, -0.2) is 46.9 Å². The molecule has 5 heteroatoms. The van der Waals surface area contributed by atoms with Crippen molar-refractivity contribution in [3.05, 3.63) is 47.7 Å². The lowest BCUT2D eigenvalue weighted by Gasteiger charge is -2.40. The van der Waals surface area contributed by atoms with E-state index in [1.54, 1.807) is 0 Å². The number of amides is 1. The summed E-state index contributed by atoms with van der Waals surface area (Å²) in [6.07, 6.45) is 5.33. The zero-order valence-corrected chi connectivity index (χ0v) is 14.3. The number of nitrogens with zero attached hydrogens (tertiary/aromatic N) is 2. The number of H-pyrrole nitrogens is 1. The quantitative estimate of drug-likeness (QED) is 0.943. The molecule has 0 aromatic carbocycles. The van der Waals surface area contributed by atoms with Gasteiger partial charge in [0.2, 0.25) is 0 Å². The average Bonchev–Trinajstić information content (AvgIpc) is 3.29. The third-order valence-corrected chi connectivity index (χ3v) is 5.47. The second kappa shape index (κ2) is 6.13. The van der Waals surface area contributed by atoms with Crippen LogP contribution in [0.5, 0.6) is 0 Å². The van der Waals surface area contributed by atoms with E-state index in [1.807, 2.05) is 36.2 Å². The van der Waals surface area contributed by atoms with Crippen LogP contribution in [0.1, 0.15) is 41.3 Å². The van der Waals surface area contributed by atoms with Crippen molar-refractivity contribution in [2.24, 2.45) is 5.41 Å². The highest BCUT2D eigenvalue weighted by Crippen LogP contribution is 2.39. The van der Waals surface area contributed by atoms with Crippen LogP contribution in [0.25, 0.3) is 0 Å². The highest BCUT2D eigenvalue weighted by molar-refractivity contribution is 5.92. The Morgan fingerprint density at radius 1 is 1.25 bits per heavy atom. The van der Waals surface area contributed by atoms with Crippen molar-refractivity contribution in [2.45, 2.75) is 32.7 Å². The third kappa shape index (κ3) is 3.00. The van der Waals surface area contributed by atoms with Crippen LogP contribution in [-0.2, 0) is 6.54 Å². The number of furan rings is 1. The molecule has 5 nitrogen and oxygen atoms in total. The fraction of sp³-hybridized carbons (Fsp3) is 0.526. The molecule has 1 amide bonds. The van der Waals surface area contributed by atoms with Gasteiger partial charge in [-0.15, -0.1) is 0 Å². The first-order valence-corrected chi connectivity index (χ1v) is 8.84. The minimum Gasteiger partial charge on any atom is -0.465 e. The third-order valence-electron chi connectivity index (χ3n) is 5.47. The first kappa shape index (κ1) is 15.5. The van der Waals surface area contributed by atoms with Gasteiger partial charge in [-0.25, -0.2) is 0 Å². The molecule has 0 bridgehead atoms. The Labute approximate surface area is 142 Å². The molecule has 2 fully saturated rings. The zero-order valence-electron chi connectivity index (χ0n) is 14.3. The Bertz CT molecular complexity index is 706. The standard InChI is InChI=1S/C19H25N3O2/c1-15-5-6-16(24-15)12-21-10-3-7-19(13-21)8-11-22(14-19)18(23)17-4-2-9-20-17/h2,4-6,9,20H,3,7-8,10-14H2,1H3/t19-/m1/s1. The van der Waals surface area contributed by atoms with E-state index < -0.39 is 0 Å². The van der Waals surface area contributed by atoms with Crippen LogP contribution < -0.4 is 0 Å². The summed E-state index contributed by atoms with van der Waals surface area (Å²) in [6.45, 7) is 6.78. The summed E-state index contributed by atoms with van der Waals surface area (Å²) in [7, 11) is 0. The zero-order chi connectivity index (χ0) is 16.6. The second-order valence-electron chi connectivity index (χ2n) is 7.39. The monoisotopic (exact) mass is 327 g/mol. The Kier molecular flexibility index (Phi) is 3.96. The normalized spacial score (nSPS) is 24.8. The van der Waals surface area contributed by atoms with Crippen LogP contribution >= 0.6 is 0 Å². The lowest BCUT2D eigenvalue weighted by molar-refractivity contribution is 0.0655. The lowest BCUT2D eigenvalue weighted by Crippen LogP contribution is -2.45. The van der Waals surface area contributed by atoms with E-state index in [4.69, 9.17) is 4.42 Å². The average molecular weight is 327 g/mol. The summed E-state index contributed by atoms with van der Waals surface area (Å²) in [5.41, 5.74) is 0.952. The number of carbonyl (C=O) groups is 1. The molecule has 2 saturated heterocycles. The first-order chi connectivity index (χ1) is 11.6. The number of nitrogens with one attached hydrogen (secondary N) is 1. The predicted octanol–water partition coefficient (Wildman–Crippen LogP) is 3.04. The molecule has 1 spiro atoms. The van der Waals surface area contributed by atoms with Crippen LogP contribution in [0, 0.1) is 12.3 Å². The van der Waals surface area contributed by atoms with Gasteiger partial charge in [0, 0.05) is 31.2 Å². The van der Waals surface area contributed by atoms with Gasteiger partial charge in [0.1, 0.15) is 17.2 Å². The predicted molar refractivity (Wildman–Crippen MR) is 91.7 cm³/mol. The van der Waals surface area contributed by atoms with E-state index in [0.29, 0.717) is 5.69 Å². The van der Waals surface area contributed by atoms with Gasteiger partial charge in [-0.2, -0.15) is 0 Å². The Morgan fingerprint density at radius 3 is 2.92 bits per heavy atom. The van der Waals surface area contributed by atoms with E-state index in [9.17, 15) is 4.79 Å². The van der Waals surface area contributed by atoms with Crippen LogP contribution in [0.4, 0.5) is 0 Å². The molecule has 2 aliphatic heterocycles. The number of carbonyl (C=O) groups excluding carboxylic acids is 1. The molecule has 2 aromatic heterocycles. The van der Waals surface area contributed by atoms with E-state index in [2.05, 4.69) is 16.0 Å². The highest BCUT2D eigenvalue weighted by atomic mass is 16.3. The molecular formula is C19H25N3O2. The van der Waals surface area contributed by atoms with Gasteiger partial charge in [-0.1, -0.05) is 0 Å². The molecule has 24 heavy (non-hydrogen) atoms. The minimum atomic E-state index is 0.135. The SMILES string of the molecule is Cc1ccc(CN2CCC[C@@]3(CCN(C(=O)c4ccc[nH]4)C3)C2)o1. The van der Waals surface area contributed by atoms with Crippen LogP contribution in [0.3, 0.4) is 0 Å². The number of hydrogen-bond donors (Lipinski definition) is 1. The number of hydrogen-bond acceptors (Lipinski definition) is 3. The summed E-state index contributed by atoms with van der Waals surface area (Å²) in [5.74, 6) is 2.15. The molecule has 4 rings (SSSR count). The molecular weight excluding hydrogens is 302 g/mol. The molecule has 4 heterocycles. The number of rotatable bonds is 3. The summed E-state index contributed by atoms with van der Waals surface area (Å²) in [6, 6.07) is 7.85. The Morgan fingerprint density at radius 2 is 2.17 bits per heavy atom. The van der Waals surface area contributed by atoms with Crippen molar-refractivity contribution in [1.29, 1.82) is 0 Å². The molecule has 1 N–H and O–H groups in total. The van der Waals surface area contributed by atoms with Crippen LogP contribution in [0.2, 0.25) is 0 Å². The second-order valence-corrected chi connectivity index (χ2v) is 7.39. The smallest absolute Gasteiger partial charge is 0.270 e. The van der Waals surface area contributed by atoms with Gasteiger partial charge in [0.15, 0.2) is 0 Å². The summed E-state index contributed by atoms with van der Waals surface area (Å²) in [4.78, 5) is 20.1. The van der Waals surface area contributed by atoms with Crippen molar-refractivity contribution in [3.63, 3.8) is 0 Å². The number of aromatic amines is 1. The molecule has 0 radical (unpaired) electrons. The van der Waals surface area contributed by atoms with E-state index in [-0.39, 0.29) is 11.3 Å². The molecule has 2 aliphatic rings. The van der Waals surface area contributed by atoms with E-state index in [0.717, 1.165) is 50.7 Å². The number of piperidine rings is 1. The van der Waals surface area contributed by atoms with Gasteiger partial charge in [-0.05, 0) is 57.0 Å². The van der Waals surface area contributed by atoms with Gasteiger partial charge >= 0.3 is 0 Å². The van der Waals surface area contributed by atoms with Gasteiger partial charge < -0.3 is 14.3 Å². The fourth-order valence-electron chi connectivity index (χ4n) is 4.31. The number of aromatic nitrogens is 1. The van der Waals surface area contributed by atoms with E-state index >= 15 is 0 Å². The Balaban J connectivity index is 1.41. The van der Waals surface area contributed by atoms with Crippen molar-refractivity contribution in [2.75, 3.05) is 26.2 Å². The van der Waals surface area contributed by atoms with Gasteiger partial charge in [0.05, 0.1) is 6.54 Å². The van der Waals surface area contributed by atoms with Crippen molar-refractivity contribution >= 4 is 5.91 Å². The van der Waals surface area contributed by atoms with Crippen LogP contribution in [0.15, 0.2) is 34.9 Å².